The average Bonchev–Trinajstić information content (AvgIpc) is 2.75. The van der Waals surface area contributed by atoms with Gasteiger partial charge in [0.15, 0.2) is 5.82 Å². The summed E-state index contributed by atoms with van der Waals surface area (Å²) in [5.74, 6) is 0.0877. The lowest BCUT2D eigenvalue weighted by Crippen LogP contribution is -2.75. The van der Waals surface area contributed by atoms with Gasteiger partial charge in [-0.2, -0.15) is 0 Å². The Morgan fingerprint density at radius 1 is 1.23 bits per heavy atom. The third-order valence-corrected chi connectivity index (χ3v) is 7.61. The summed E-state index contributed by atoms with van der Waals surface area (Å²) in [6, 6.07) is 5.43. The van der Waals surface area contributed by atoms with Crippen LogP contribution in [0.3, 0.4) is 0 Å². The van der Waals surface area contributed by atoms with Crippen LogP contribution in [-0.4, -0.2) is 45.6 Å². The van der Waals surface area contributed by atoms with Crippen LogP contribution >= 0.6 is 0 Å². The molecule has 31 heavy (non-hydrogen) atoms. The van der Waals surface area contributed by atoms with Crippen LogP contribution in [-0.2, 0) is 10.0 Å². The molecule has 0 saturated heterocycles. The Kier molecular flexibility index (Phi) is 3.65. The van der Waals surface area contributed by atoms with Crippen molar-refractivity contribution in [2.24, 2.45) is 5.41 Å². The number of nitrogens with zero attached hydrogens (tertiary/aromatic N) is 4. The van der Waals surface area contributed by atoms with E-state index in [0.29, 0.717) is 25.0 Å². The summed E-state index contributed by atoms with van der Waals surface area (Å²) in [5, 5.41) is 9.45. The highest BCUT2D eigenvalue weighted by Gasteiger charge is 2.68. The number of nitrogens with two attached hydrogens (primary N) is 1. The van der Waals surface area contributed by atoms with E-state index in [9.17, 15) is 13.5 Å². The lowest BCUT2D eigenvalue weighted by molar-refractivity contribution is -0.167. The summed E-state index contributed by atoms with van der Waals surface area (Å²) in [7, 11) is -3.95. The van der Waals surface area contributed by atoms with E-state index in [1.165, 1.54) is 36.9 Å². The second kappa shape index (κ2) is 6.78. The minimum absolute atomic E-state index is 0.0401. The molecule has 1 aromatic carbocycles. The number of aliphatic hydroxyl groups excluding tert-OH is 1. The Hall–Kier alpha value is -2.95. The summed E-state index contributed by atoms with van der Waals surface area (Å²) in [6.45, 7) is -2.48. The van der Waals surface area contributed by atoms with Gasteiger partial charge in [-0.3, -0.25) is 0 Å². The highest BCUT2D eigenvalue weighted by Crippen LogP contribution is 2.67. The van der Waals surface area contributed by atoms with Crippen LogP contribution in [0.4, 0.5) is 5.82 Å². The number of rotatable bonds is 6. The molecule has 2 heterocycles. The van der Waals surface area contributed by atoms with Crippen molar-refractivity contribution in [2.45, 2.75) is 36.5 Å². The fraction of sp³-hybridized carbons (Fsp3) is 0.333. The number of nitrogen functional groups attached to an aromatic ring is 1. The monoisotopic (exact) mass is 441 g/mol. The van der Waals surface area contributed by atoms with Gasteiger partial charge in [0.05, 0.1) is 22.5 Å². The molecule has 10 heteroatoms. The van der Waals surface area contributed by atoms with Gasteiger partial charge in [0.25, 0.3) is 0 Å². The lowest BCUT2D eigenvalue weighted by atomic mass is 9.40. The third kappa shape index (κ3) is 3.27. The first kappa shape index (κ1) is 16.7. The Labute approximate surface area is 184 Å². The molecule has 4 N–H and O–H groups in total. The molecule has 2 aromatic heterocycles. The van der Waals surface area contributed by atoms with E-state index in [0.717, 1.165) is 0 Å². The molecule has 0 amide bonds. The van der Waals surface area contributed by atoms with Crippen LogP contribution in [0.15, 0.2) is 47.9 Å². The molecule has 0 spiro atoms. The van der Waals surface area contributed by atoms with Crippen LogP contribution in [0.2, 0.25) is 0 Å². The number of anilines is 1. The molecule has 0 aliphatic heterocycles. The number of hydrogen-bond donors (Lipinski definition) is 3. The van der Waals surface area contributed by atoms with Crippen molar-refractivity contribution in [3.05, 3.63) is 48.5 Å². The first-order chi connectivity index (χ1) is 16.0. The summed E-state index contributed by atoms with van der Waals surface area (Å²) >= 11 is 0. The molecule has 3 fully saturated rings. The zero-order valence-corrected chi connectivity index (χ0v) is 17.2. The van der Waals surface area contributed by atoms with Crippen LogP contribution in [0.25, 0.3) is 22.6 Å². The molecule has 0 radical (unpaired) electrons. The van der Waals surface area contributed by atoms with Crippen molar-refractivity contribution >= 4 is 15.8 Å². The number of nitrogens with one attached hydrogen (secondary N) is 1. The SMILES string of the molecule is [2H]C([2H])([2H])c1ccc(S(=O)(=O)NC23CC(CO)(C2)C3)cc1-c1cnc(N)c(-c2ccncn2)n1. The van der Waals surface area contributed by atoms with Gasteiger partial charge < -0.3 is 10.8 Å². The number of sulfonamides is 1. The normalized spacial score (nSPS) is 26.2. The molecular weight excluding hydrogens is 416 g/mol. The van der Waals surface area contributed by atoms with Gasteiger partial charge in [-0.05, 0) is 55.3 Å². The minimum atomic E-state index is -3.95. The molecule has 3 saturated carbocycles. The summed E-state index contributed by atoms with van der Waals surface area (Å²) in [4.78, 5) is 16.5. The number of hydrogen-bond acceptors (Lipinski definition) is 8. The van der Waals surface area contributed by atoms with Gasteiger partial charge in [-0.25, -0.2) is 33.1 Å². The predicted molar refractivity (Wildman–Crippen MR) is 114 cm³/mol. The number of aryl methyl sites for hydroxylation is 1. The van der Waals surface area contributed by atoms with Gasteiger partial charge in [-0.15, -0.1) is 0 Å². The van der Waals surface area contributed by atoms with Crippen molar-refractivity contribution in [1.82, 2.24) is 24.7 Å². The van der Waals surface area contributed by atoms with E-state index in [-0.39, 0.29) is 45.2 Å². The largest absolute Gasteiger partial charge is 0.396 e. The fourth-order valence-corrected chi connectivity index (χ4v) is 6.09. The Balaban J connectivity index is 1.56. The smallest absolute Gasteiger partial charge is 0.241 e. The van der Waals surface area contributed by atoms with E-state index >= 15 is 0 Å². The van der Waals surface area contributed by atoms with Gasteiger partial charge in [-0.1, -0.05) is 6.07 Å². The van der Waals surface area contributed by atoms with Gasteiger partial charge in [0.2, 0.25) is 10.0 Å². The molecular formula is C21H22N6O3S. The van der Waals surface area contributed by atoms with Crippen LogP contribution in [0, 0.1) is 12.3 Å². The summed E-state index contributed by atoms with van der Waals surface area (Å²) < 4.78 is 52.9. The molecule has 6 rings (SSSR count). The molecule has 3 aliphatic carbocycles. The maximum absolute atomic E-state index is 13.2. The Morgan fingerprint density at radius 3 is 2.71 bits per heavy atom. The highest BCUT2D eigenvalue weighted by molar-refractivity contribution is 7.89. The third-order valence-electron chi connectivity index (χ3n) is 6.03. The zero-order valence-electron chi connectivity index (χ0n) is 19.4. The first-order valence-electron chi connectivity index (χ1n) is 11.1. The van der Waals surface area contributed by atoms with Crippen molar-refractivity contribution in [3.8, 4) is 22.6 Å². The van der Waals surface area contributed by atoms with Crippen molar-refractivity contribution < 1.29 is 17.6 Å². The first-order valence-corrected chi connectivity index (χ1v) is 11.1. The zero-order chi connectivity index (χ0) is 24.4. The van der Waals surface area contributed by atoms with Crippen LogP contribution in [0.5, 0.6) is 0 Å². The lowest BCUT2D eigenvalue weighted by Gasteiger charge is -2.69. The molecule has 2 bridgehead atoms. The summed E-state index contributed by atoms with van der Waals surface area (Å²) in [6.07, 6.45) is 5.89. The average molecular weight is 442 g/mol. The Morgan fingerprint density at radius 2 is 2.03 bits per heavy atom. The molecule has 3 aromatic rings. The predicted octanol–water partition coefficient (Wildman–Crippen LogP) is 1.68. The number of benzene rings is 1. The highest BCUT2D eigenvalue weighted by atomic mass is 32.2. The number of aliphatic hydroxyl groups is 1. The molecule has 3 aliphatic rings. The van der Waals surface area contributed by atoms with Crippen molar-refractivity contribution in [1.29, 1.82) is 0 Å². The van der Waals surface area contributed by atoms with Crippen LogP contribution < -0.4 is 10.5 Å². The van der Waals surface area contributed by atoms with E-state index in [2.05, 4.69) is 24.7 Å². The topological polar surface area (TPSA) is 144 Å². The fourth-order valence-electron chi connectivity index (χ4n) is 4.67. The van der Waals surface area contributed by atoms with Crippen LogP contribution in [0.1, 0.15) is 28.9 Å². The van der Waals surface area contributed by atoms with E-state index in [4.69, 9.17) is 9.85 Å². The maximum Gasteiger partial charge on any atom is 0.241 e. The maximum atomic E-state index is 13.2. The molecule has 160 valence electrons. The number of aromatic nitrogens is 4. The van der Waals surface area contributed by atoms with E-state index in [1.54, 1.807) is 6.07 Å². The second-order valence-electron chi connectivity index (χ2n) is 8.37. The van der Waals surface area contributed by atoms with Gasteiger partial charge in [0, 0.05) is 28.0 Å². The Bertz CT molecular complexity index is 1360. The second-order valence-corrected chi connectivity index (χ2v) is 10.0. The van der Waals surface area contributed by atoms with E-state index in [1.807, 2.05) is 0 Å². The van der Waals surface area contributed by atoms with Crippen molar-refractivity contribution in [2.75, 3.05) is 12.3 Å². The van der Waals surface area contributed by atoms with E-state index < -0.39 is 22.4 Å². The van der Waals surface area contributed by atoms with Crippen molar-refractivity contribution in [3.63, 3.8) is 0 Å². The quantitative estimate of drug-likeness (QED) is 0.524. The molecule has 9 nitrogen and oxygen atoms in total. The van der Waals surface area contributed by atoms with Gasteiger partial charge >= 0.3 is 0 Å². The summed E-state index contributed by atoms with van der Waals surface area (Å²) in [5.41, 5.74) is 6.06. The standard InChI is InChI=1S/C21H22N6O3S/c1-13-2-3-14(31(29,30)27-21-8-20(9-21,10-21)11-28)6-15(13)17-7-24-19(22)18(26-17)16-4-5-23-12-25-16/h2-7,12,27-28H,8-11H2,1H3,(H2,22,24)/i1D3. The molecule has 0 atom stereocenters. The minimum Gasteiger partial charge on any atom is -0.396 e. The van der Waals surface area contributed by atoms with Gasteiger partial charge in [0.1, 0.15) is 12.0 Å². The molecule has 0 unspecified atom stereocenters.